The summed E-state index contributed by atoms with van der Waals surface area (Å²) in [5.41, 5.74) is 9.70. The fourth-order valence-electron chi connectivity index (χ4n) is 3.34. The molecule has 0 aliphatic carbocycles. The number of benzene rings is 1. The van der Waals surface area contributed by atoms with Gasteiger partial charge in [0.15, 0.2) is 0 Å². The SMILES string of the molecule is CN1CCC(c2c[nH]c3ccc(CC(N)CO)cc23)CC1. The maximum absolute atomic E-state index is 9.12. The molecule has 1 atom stereocenters. The van der Waals surface area contributed by atoms with Crippen molar-refractivity contribution in [2.24, 2.45) is 5.73 Å². The molecule has 1 aromatic carbocycles. The van der Waals surface area contributed by atoms with Crippen molar-refractivity contribution in [3.8, 4) is 0 Å². The van der Waals surface area contributed by atoms with E-state index in [0.717, 1.165) is 6.42 Å². The summed E-state index contributed by atoms with van der Waals surface area (Å²) in [5.74, 6) is 0.650. The van der Waals surface area contributed by atoms with Gasteiger partial charge in [-0.15, -0.1) is 0 Å². The summed E-state index contributed by atoms with van der Waals surface area (Å²) in [5, 5.41) is 10.4. The van der Waals surface area contributed by atoms with Crippen molar-refractivity contribution >= 4 is 10.9 Å². The van der Waals surface area contributed by atoms with Gasteiger partial charge in [0.1, 0.15) is 0 Å². The van der Waals surface area contributed by atoms with Gasteiger partial charge in [-0.3, -0.25) is 0 Å². The fourth-order valence-corrected chi connectivity index (χ4v) is 3.34. The maximum atomic E-state index is 9.12. The number of nitrogens with two attached hydrogens (primary N) is 1. The molecule has 4 N–H and O–H groups in total. The van der Waals surface area contributed by atoms with Gasteiger partial charge in [0.25, 0.3) is 0 Å². The van der Waals surface area contributed by atoms with E-state index in [1.807, 2.05) is 0 Å². The van der Waals surface area contributed by atoms with Crippen molar-refractivity contribution < 1.29 is 5.11 Å². The van der Waals surface area contributed by atoms with Gasteiger partial charge in [-0.1, -0.05) is 6.07 Å². The molecule has 0 bridgehead atoms. The number of hydrogen-bond donors (Lipinski definition) is 3. The summed E-state index contributed by atoms with van der Waals surface area (Å²) in [4.78, 5) is 5.80. The van der Waals surface area contributed by atoms with Crippen LogP contribution in [0.2, 0.25) is 0 Å². The molecule has 1 fully saturated rings. The van der Waals surface area contributed by atoms with E-state index in [1.54, 1.807) is 0 Å². The Morgan fingerprint density at radius 3 is 2.86 bits per heavy atom. The molecule has 0 spiro atoms. The average molecular weight is 287 g/mol. The second-order valence-electron chi connectivity index (χ2n) is 6.35. The molecule has 0 amide bonds. The number of nitrogens with zero attached hydrogens (tertiary/aromatic N) is 1. The number of piperidine rings is 1. The second-order valence-corrected chi connectivity index (χ2v) is 6.35. The minimum atomic E-state index is -0.173. The Balaban J connectivity index is 1.87. The molecule has 4 heteroatoms. The Hall–Kier alpha value is -1.36. The highest BCUT2D eigenvalue weighted by molar-refractivity contribution is 5.84. The lowest BCUT2D eigenvalue weighted by Crippen LogP contribution is -2.29. The summed E-state index contributed by atoms with van der Waals surface area (Å²) < 4.78 is 0. The molecule has 114 valence electrons. The van der Waals surface area contributed by atoms with Crippen LogP contribution in [0.4, 0.5) is 0 Å². The number of hydrogen-bond acceptors (Lipinski definition) is 3. The molecule has 1 unspecified atom stereocenters. The van der Waals surface area contributed by atoms with Crippen LogP contribution in [-0.2, 0) is 6.42 Å². The van der Waals surface area contributed by atoms with E-state index in [1.165, 1.54) is 48.0 Å². The predicted molar refractivity (Wildman–Crippen MR) is 86.5 cm³/mol. The minimum Gasteiger partial charge on any atom is -0.395 e. The third-order valence-electron chi connectivity index (χ3n) is 4.67. The topological polar surface area (TPSA) is 65.3 Å². The number of aromatic nitrogens is 1. The summed E-state index contributed by atoms with van der Waals surface area (Å²) >= 11 is 0. The van der Waals surface area contributed by atoms with Gasteiger partial charge in [0, 0.05) is 23.1 Å². The smallest absolute Gasteiger partial charge is 0.0585 e. The number of aliphatic hydroxyl groups excluding tert-OH is 1. The van der Waals surface area contributed by atoms with Crippen LogP contribution in [0.1, 0.15) is 29.9 Å². The predicted octanol–water partition coefficient (Wildman–Crippen LogP) is 1.84. The Kier molecular flexibility index (Phi) is 4.29. The van der Waals surface area contributed by atoms with Crippen LogP contribution in [0.25, 0.3) is 10.9 Å². The van der Waals surface area contributed by atoms with Crippen molar-refractivity contribution in [1.29, 1.82) is 0 Å². The highest BCUT2D eigenvalue weighted by Crippen LogP contribution is 2.33. The van der Waals surface area contributed by atoms with E-state index < -0.39 is 0 Å². The van der Waals surface area contributed by atoms with Crippen LogP contribution < -0.4 is 5.73 Å². The van der Waals surface area contributed by atoms with Gasteiger partial charge < -0.3 is 20.7 Å². The number of nitrogens with one attached hydrogen (secondary N) is 1. The summed E-state index contributed by atoms with van der Waals surface area (Å²) in [6.07, 6.45) is 5.36. The van der Waals surface area contributed by atoms with E-state index in [2.05, 4.69) is 41.3 Å². The Labute approximate surface area is 125 Å². The van der Waals surface area contributed by atoms with E-state index in [0.29, 0.717) is 5.92 Å². The number of aromatic amines is 1. The largest absolute Gasteiger partial charge is 0.395 e. The standard InChI is InChI=1S/C17H25N3O/c1-20-6-4-13(5-7-20)16-10-19-17-3-2-12(9-15(16)17)8-14(18)11-21/h2-3,9-10,13-14,19,21H,4-8,11,18H2,1H3. The van der Waals surface area contributed by atoms with Gasteiger partial charge in [-0.2, -0.15) is 0 Å². The Morgan fingerprint density at radius 1 is 1.38 bits per heavy atom. The third-order valence-corrected chi connectivity index (χ3v) is 4.67. The van der Waals surface area contributed by atoms with Crippen molar-refractivity contribution in [2.45, 2.75) is 31.2 Å². The molecule has 2 heterocycles. The van der Waals surface area contributed by atoms with Gasteiger partial charge in [-0.25, -0.2) is 0 Å². The third kappa shape index (κ3) is 3.12. The van der Waals surface area contributed by atoms with Gasteiger partial charge >= 0.3 is 0 Å². The van der Waals surface area contributed by atoms with E-state index in [-0.39, 0.29) is 12.6 Å². The molecule has 21 heavy (non-hydrogen) atoms. The lowest BCUT2D eigenvalue weighted by Gasteiger charge is -2.28. The zero-order chi connectivity index (χ0) is 14.8. The molecule has 1 saturated heterocycles. The molecule has 1 aliphatic heterocycles. The normalized spacial score (nSPS) is 19.2. The number of likely N-dealkylation sites (tertiary alicyclic amines) is 1. The van der Waals surface area contributed by atoms with Crippen LogP contribution in [0, 0.1) is 0 Å². The van der Waals surface area contributed by atoms with Gasteiger partial charge in [0.2, 0.25) is 0 Å². The van der Waals surface area contributed by atoms with Crippen LogP contribution in [0.15, 0.2) is 24.4 Å². The molecule has 0 radical (unpaired) electrons. The number of fused-ring (bicyclic) bond motifs is 1. The zero-order valence-corrected chi connectivity index (χ0v) is 12.7. The molecule has 1 aliphatic rings. The molecular weight excluding hydrogens is 262 g/mol. The van der Waals surface area contributed by atoms with Crippen LogP contribution in [0.3, 0.4) is 0 Å². The minimum absolute atomic E-state index is 0.0347. The van der Waals surface area contributed by atoms with Crippen molar-refractivity contribution in [2.75, 3.05) is 26.7 Å². The Bertz CT molecular complexity index is 599. The van der Waals surface area contributed by atoms with Crippen molar-refractivity contribution in [3.05, 3.63) is 35.5 Å². The average Bonchev–Trinajstić information content (AvgIpc) is 2.91. The molecule has 2 aromatic rings. The highest BCUT2D eigenvalue weighted by Gasteiger charge is 2.21. The molecule has 1 aromatic heterocycles. The van der Waals surface area contributed by atoms with Crippen molar-refractivity contribution in [3.63, 3.8) is 0 Å². The highest BCUT2D eigenvalue weighted by atomic mass is 16.3. The van der Waals surface area contributed by atoms with Crippen LogP contribution in [-0.4, -0.2) is 47.8 Å². The summed E-state index contributed by atoms with van der Waals surface area (Å²) in [6, 6.07) is 6.31. The van der Waals surface area contributed by atoms with Crippen molar-refractivity contribution in [1.82, 2.24) is 9.88 Å². The molecular formula is C17H25N3O. The Morgan fingerprint density at radius 2 is 2.14 bits per heavy atom. The summed E-state index contributed by atoms with van der Waals surface area (Å²) in [6.45, 7) is 2.38. The molecule has 0 saturated carbocycles. The van der Waals surface area contributed by atoms with Gasteiger partial charge in [0.05, 0.1) is 6.61 Å². The number of rotatable bonds is 4. The first kappa shape index (κ1) is 14.6. The number of aliphatic hydroxyl groups is 1. The molecule has 3 rings (SSSR count). The van der Waals surface area contributed by atoms with E-state index in [9.17, 15) is 0 Å². The maximum Gasteiger partial charge on any atom is 0.0585 e. The van der Waals surface area contributed by atoms with E-state index >= 15 is 0 Å². The van der Waals surface area contributed by atoms with E-state index in [4.69, 9.17) is 10.8 Å². The second kappa shape index (κ2) is 6.18. The first-order valence-electron chi connectivity index (χ1n) is 7.82. The van der Waals surface area contributed by atoms with Crippen LogP contribution in [0.5, 0.6) is 0 Å². The fraction of sp³-hybridized carbons (Fsp3) is 0.529. The monoisotopic (exact) mass is 287 g/mol. The zero-order valence-electron chi connectivity index (χ0n) is 12.7. The van der Waals surface area contributed by atoms with Crippen LogP contribution >= 0.6 is 0 Å². The lowest BCUT2D eigenvalue weighted by molar-refractivity contribution is 0.256. The molecule has 4 nitrogen and oxygen atoms in total. The lowest BCUT2D eigenvalue weighted by atomic mass is 9.89. The first-order chi connectivity index (χ1) is 10.2. The van der Waals surface area contributed by atoms with Gasteiger partial charge in [-0.05, 0) is 68.6 Å². The summed E-state index contributed by atoms with van der Waals surface area (Å²) in [7, 11) is 2.19. The number of H-pyrrole nitrogens is 1. The quantitative estimate of drug-likeness (QED) is 0.804. The first-order valence-corrected chi connectivity index (χ1v) is 7.82.